The topological polar surface area (TPSA) is 20.2 Å². The molecule has 1 nitrogen and oxygen atoms in total. The van der Waals surface area contributed by atoms with Crippen LogP contribution >= 0.6 is 23.4 Å². The summed E-state index contributed by atoms with van der Waals surface area (Å²) in [5.41, 5.74) is 1.52. The van der Waals surface area contributed by atoms with Crippen molar-refractivity contribution in [2.24, 2.45) is 0 Å². The summed E-state index contributed by atoms with van der Waals surface area (Å²) in [5, 5.41) is 8.37. The molecule has 0 fully saturated rings. The van der Waals surface area contributed by atoms with Gasteiger partial charge in [0.05, 0.1) is 0 Å². The Balaban J connectivity index is 2.75. The van der Waals surface area contributed by atoms with Gasteiger partial charge in [-0.3, -0.25) is 0 Å². The number of hydrogen-bond donors (Lipinski definition) is 1. The zero-order valence-electron chi connectivity index (χ0n) is 5.22. The second-order valence-corrected chi connectivity index (χ2v) is 2.92. The van der Waals surface area contributed by atoms with Crippen molar-refractivity contribution in [3.05, 3.63) is 11.6 Å². The third kappa shape index (κ3) is 8.34. The number of hydrogen-bond acceptors (Lipinski definition) is 2. The summed E-state index contributed by atoms with van der Waals surface area (Å²) in [4.78, 5) is 0. The first-order valence-electron chi connectivity index (χ1n) is 2.85. The van der Waals surface area contributed by atoms with Crippen LogP contribution in [0.4, 0.5) is 0 Å². The molecule has 0 aliphatic carbocycles. The van der Waals surface area contributed by atoms with Gasteiger partial charge in [0.15, 0.2) is 0 Å². The maximum absolute atomic E-state index is 8.37. The highest BCUT2D eigenvalue weighted by atomic mass is 35.5. The first-order chi connectivity index (χ1) is 4.41. The molecule has 0 rings (SSSR count). The third-order valence-electron chi connectivity index (χ3n) is 0.750. The molecular weight excluding hydrogens is 156 g/mol. The van der Waals surface area contributed by atoms with Gasteiger partial charge in [0.1, 0.15) is 0 Å². The summed E-state index contributed by atoms with van der Waals surface area (Å²) < 4.78 is 0. The normalized spacial score (nSPS) is 10.9. The monoisotopic (exact) mass is 166 g/mol. The van der Waals surface area contributed by atoms with E-state index in [0.29, 0.717) is 0 Å². The van der Waals surface area contributed by atoms with Crippen LogP contribution in [0.15, 0.2) is 11.6 Å². The third-order valence-corrected chi connectivity index (χ3v) is 1.93. The van der Waals surface area contributed by atoms with E-state index in [1.54, 1.807) is 11.8 Å². The number of thioether (sulfide) groups is 1. The lowest BCUT2D eigenvalue weighted by molar-refractivity contribution is 0.296. The van der Waals surface area contributed by atoms with Crippen LogP contribution < -0.4 is 0 Å². The molecule has 54 valence electrons. The molecule has 0 spiro atoms. The molecular formula is C6H11ClOS. The molecule has 0 radical (unpaired) electrons. The van der Waals surface area contributed by atoms with Gasteiger partial charge >= 0.3 is 0 Å². The van der Waals surface area contributed by atoms with Crippen molar-refractivity contribution in [1.29, 1.82) is 0 Å². The van der Waals surface area contributed by atoms with E-state index in [0.717, 1.165) is 17.9 Å². The lowest BCUT2D eigenvalue weighted by Crippen LogP contribution is -1.85. The Hall–Kier alpha value is 0.340. The quantitative estimate of drug-likeness (QED) is 0.630. The fourth-order valence-electron chi connectivity index (χ4n) is 0.354. The standard InChI is InChI=1S/C6H11ClOS/c7-3-1-5-9-6-2-4-8/h1,3,8H,2,4-6H2. The summed E-state index contributed by atoms with van der Waals surface area (Å²) in [6, 6.07) is 0. The number of aliphatic hydroxyl groups excluding tert-OH is 1. The van der Waals surface area contributed by atoms with Gasteiger partial charge in [-0.05, 0) is 12.2 Å². The molecule has 0 saturated carbocycles. The molecule has 0 aromatic heterocycles. The fourth-order valence-corrected chi connectivity index (χ4v) is 1.28. The molecule has 0 amide bonds. The van der Waals surface area contributed by atoms with Gasteiger partial charge in [0.2, 0.25) is 0 Å². The molecule has 0 saturated heterocycles. The molecule has 0 aromatic carbocycles. The van der Waals surface area contributed by atoms with Crippen molar-refractivity contribution in [3.8, 4) is 0 Å². The van der Waals surface area contributed by atoms with E-state index in [1.165, 1.54) is 5.54 Å². The molecule has 0 atom stereocenters. The maximum Gasteiger partial charge on any atom is 0.0438 e. The van der Waals surface area contributed by atoms with Crippen molar-refractivity contribution in [3.63, 3.8) is 0 Å². The summed E-state index contributed by atoms with van der Waals surface area (Å²) in [5.74, 6) is 1.96. The van der Waals surface area contributed by atoms with E-state index in [4.69, 9.17) is 16.7 Å². The summed E-state index contributed by atoms with van der Waals surface area (Å²) >= 11 is 7.04. The van der Waals surface area contributed by atoms with Crippen LogP contribution in [-0.4, -0.2) is 23.2 Å². The lowest BCUT2D eigenvalue weighted by atomic mass is 10.5. The molecule has 0 aliphatic heterocycles. The van der Waals surface area contributed by atoms with Crippen molar-refractivity contribution in [1.82, 2.24) is 0 Å². The van der Waals surface area contributed by atoms with E-state index < -0.39 is 0 Å². The lowest BCUT2D eigenvalue weighted by Gasteiger charge is -1.92. The molecule has 9 heavy (non-hydrogen) atoms. The number of rotatable bonds is 5. The predicted molar refractivity (Wildman–Crippen MR) is 44.0 cm³/mol. The highest BCUT2D eigenvalue weighted by Gasteiger charge is 1.83. The highest BCUT2D eigenvalue weighted by molar-refractivity contribution is 7.99. The van der Waals surface area contributed by atoms with Crippen LogP contribution in [0.2, 0.25) is 0 Å². The fraction of sp³-hybridized carbons (Fsp3) is 0.667. The van der Waals surface area contributed by atoms with Crippen LogP contribution in [0.5, 0.6) is 0 Å². The van der Waals surface area contributed by atoms with E-state index in [2.05, 4.69) is 0 Å². The summed E-state index contributed by atoms with van der Waals surface area (Å²) in [7, 11) is 0. The summed E-state index contributed by atoms with van der Waals surface area (Å²) in [6.45, 7) is 0.289. The Morgan fingerprint density at radius 2 is 2.33 bits per heavy atom. The Bertz CT molecular complexity index is 75.5. The SMILES string of the molecule is OCCCSCC=CCl. The van der Waals surface area contributed by atoms with Gasteiger partial charge in [0, 0.05) is 17.9 Å². The smallest absolute Gasteiger partial charge is 0.0438 e. The van der Waals surface area contributed by atoms with Gasteiger partial charge < -0.3 is 5.11 Å². The van der Waals surface area contributed by atoms with Crippen molar-refractivity contribution in [2.45, 2.75) is 6.42 Å². The zero-order chi connectivity index (χ0) is 6.95. The minimum atomic E-state index is 0.289. The first-order valence-corrected chi connectivity index (χ1v) is 4.44. The largest absolute Gasteiger partial charge is 0.396 e. The molecule has 0 aromatic rings. The zero-order valence-corrected chi connectivity index (χ0v) is 6.79. The van der Waals surface area contributed by atoms with Crippen molar-refractivity contribution < 1.29 is 5.11 Å². The van der Waals surface area contributed by atoms with E-state index in [1.807, 2.05) is 6.08 Å². The van der Waals surface area contributed by atoms with Gasteiger partial charge in [-0.25, -0.2) is 0 Å². The average molecular weight is 167 g/mol. The Morgan fingerprint density at radius 3 is 2.89 bits per heavy atom. The first kappa shape index (κ1) is 9.34. The van der Waals surface area contributed by atoms with Gasteiger partial charge in [0.25, 0.3) is 0 Å². The van der Waals surface area contributed by atoms with Crippen molar-refractivity contribution >= 4 is 23.4 Å². The highest BCUT2D eigenvalue weighted by Crippen LogP contribution is 2.01. The summed E-state index contributed by atoms with van der Waals surface area (Å²) in [6.07, 6.45) is 2.77. The van der Waals surface area contributed by atoms with Crippen LogP contribution in [0.3, 0.4) is 0 Å². The second kappa shape index (κ2) is 8.34. The number of aliphatic hydroxyl groups is 1. The Kier molecular flexibility index (Phi) is 8.66. The van der Waals surface area contributed by atoms with E-state index >= 15 is 0 Å². The minimum absolute atomic E-state index is 0.289. The average Bonchev–Trinajstić information content (AvgIpc) is 1.89. The van der Waals surface area contributed by atoms with Crippen LogP contribution in [0, 0.1) is 0 Å². The molecule has 0 aliphatic rings. The molecule has 0 heterocycles. The number of halogens is 1. The molecule has 0 bridgehead atoms. The van der Waals surface area contributed by atoms with Crippen molar-refractivity contribution in [2.75, 3.05) is 18.1 Å². The van der Waals surface area contributed by atoms with Crippen LogP contribution in [0.1, 0.15) is 6.42 Å². The van der Waals surface area contributed by atoms with E-state index in [-0.39, 0.29) is 6.61 Å². The van der Waals surface area contributed by atoms with Crippen LogP contribution in [-0.2, 0) is 0 Å². The molecule has 0 unspecified atom stereocenters. The van der Waals surface area contributed by atoms with Gasteiger partial charge in [-0.2, -0.15) is 11.8 Å². The molecule has 1 N–H and O–H groups in total. The van der Waals surface area contributed by atoms with Gasteiger partial charge in [-0.15, -0.1) is 0 Å². The second-order valence-electron chi connectivity index (χ2n) is 1.51. The van der Waals surface area contributed by atoms with E-state index in [9.17, 15) is 0 Å². The maximum atomic E-state index is 8.37. The van der Waals surface area contributed by atoms with Crippen LogP contribution in [0.25, 0.3) is 0 Å². The minimum Gasteiger partial charge on any atom is -0.396 e. The predicted octanol–water partition coefficient (Wildman–Crippen LogP) is 1.85. The Morgan fingerprint density at radius 1 is 1.56 bits per heavy atom. The Labute approximate surface area is 65.1 Å². The van der Waals surface area contributed by atoms with Gasteiger partial charge in [-0.1, -0.05) is 17.7 Å². The molecule has 3 heteroatoms.